The van der Waals surface area contributed by atoms with Crippen LogP contribution in [-0.2, 0) is 6.42 Å². The van der Waals surface area contributed by atoms with Crippen molar-refractivity contribution in [2.24, 2.45) is 0 Å². The monoisotopic (exact) mass is 378 g/mol. The summed E-state index contributed by atoms with van der Waals surface area (Å²) in [6.45, 7) is 7.22. The number of anilines is 1. The topological polar surface area (TPSA) is 58.4 Å². The van der Waals surface area contributed by atoms with Crippen LogP contribution in [0, 0.1) is 5.82 Å². The van der Waals surface area contributed by atoms with Crippen molar-refractivity contribution in [2.75, 3.05) is 11.4 Å². The number of halogens is 1. The van der Waals surface area contributed by atoms with E-state index in [4.69, 9.17) is 4.98 Å². The van der Waals surface area contributed by atoms with E-state index >= 15 is 0 Å². The van der Waals surface area contributed by atoms with E-state index < -0.39 is 0 Å². The number of pyridine rings is 1. The number of hydrogen-bond donors (Lipinski definition) is 1. The summed E-state index contributed by atoms with van der Waals surface area (Å²) in [6, 6.07) is 3.93. The van der Waals surface area contributed by atoms with Gasteiger partial charge in [0.25, 0.3) is 0 Å². The maximum Gasteiger partial charge on any atom is 0.166 e. The third-order valence-electron chi connectivity index (χ3n) is 5.79. The number of aromatic nitrogens is 4. The number of fused-ring (bicyclic) bond motifs is 5. The molecule has 2 atom stereocenters. The summed E-state index contributed by atoms with van der Waals surface area (Å²) < 4.78 is 15.9. The van der Waals surface area contributed by atoms with E-state index in [0.29, 0.717) is 0 Å². The Balaban J connectivity index is 1.69. The maximum absolute atomic E-state index is 14.1. The quantitative estimate of drug-likeness (QED) is 0.649. The van der Waals surface area contributed by atoms with Gasteiger partial charge in [0, 0.05) is 30.2 Å². The number of aryl methyl sites for hydroxylation is 1. The van der Waals surface area contributed by atoms with Gasteiger partial charge in [-0.1, -0.05) is 6.58 Å². The van der Waals surface area contributed by atoms with E-state index in [0.717, 1.165) is 66.2 Å². The summed E-state index contributed by atoms with van der Waals surface area (Å²) in [4.78, 5) is 11.6. The van der Waals surface area contributed by atoms with Crippen molar-refractivity contribution in [2.45, 2.75) is 44.7 Å². The summed E-state index contributed by atoms with van der Waals surface area (Å²) in [5.41, 5.74) is 4.46. The fraction of sp³-hybridized carbons (Fsp3) is 0.381. The molecule has 0 saturated carbocycles. The van der Waals surface area contributed by atoms with Gasteiger partial charge in [0.2, 0.25) is 0 Å². The van der Waals surface area contributed by atoms with Crippen molar-refractivity contribution in [3.05, 3.63) is 59.9 Å². The molecule has 2 bridgehead atoms. The van der Waals surface area contributed by atoms with Gasteiger partial charge in [-0.2, -0.15) is 5.10 Å². The molecule has 5 heterocycles. The SMILES string of the molecule is C=C1N[C@H](C)CCc2ncc(F)cc2C2CCCN2c2ccn3ncc1c3n2. The lowest BCUT2D eigenvalue weighted by Gasteiger charge is -2.27. The van der Waals surface area contributed by atoms with Gasteiger partial charge in [0.15, 0.2) is 5.65 Å². The third kappa shape index (κ3) is 2.82. The first-order valence-corrected chi connectivity index (χ1v) is 9.81. The van der Waals surface area contributed by atoms with Crippen LogP contribution in [-0.4, -0.2) is 32.2 Å². The highest BCUT2D eigenvalue weighted by molar-refractivity contribution is 5.74. The lowest BCUT2D eigenvalue weighted by Crippen LogP contribution is -2.26. The first-order chi connectivity index (χ1) is 13.6. The van der Waals surface area contributed by atoms with Crippen molar-refractivity contribution < 1.29 is 4.39 Å². The zero-order chi connectivity index (χ0) is 19.3. The molecular weight excluding hydrogens is 355 g/mol. The van der Waals surface area contributed by atoms with Crippen LogP contribution in [0.5, 0.6) is 0 Å². The van der Waals surface area contributed by atoms with Crippen molar-refractivity contribution in [1.82, 2.24) is 24.9 Å². The molecule has 0 radical (unpaired) electrons. The number of nitrogens with one attached hydrogen (secondary N) is 1. The normalized spacial score (nSPS) is 22.2. The Bertz CT molecular complexity index is 1060. The zero-order valence-corrected chi connectivity index (χ0v) is 15.9. The zero-order valence-electron chi connectivity index (χ0n) is 15.9. The molecule has 0 aromatic carbocycles. The van der Waals surface area contributed by atoms with Crippen LogP contribution < -0.4 is 10.2 Å². The maximum atomic E-state index is 14.1. The first-order valence-electron chi connectivity index (χ1n) is 9.81. The Labute approximate surface area is 163 Å². The minimum absolute atomic E-state index is 0.0896. The fourth-order valence-electron chi connectivity index (χ4n) is 4.38. The van der Waals surface area contributed by atoms with E-state index in [-0.39, 0.29) is 17.9 Å². The fourth-order valence-corrected chi connectivity index (χ4v) is 4.38. The number of hydrogen-bond acceptors (Lipinski definition) is 5. The first kappa shape index (κ1) is 17.2. The summed E-state index contributed by atoms with van der Waals surface area (Å²) in [6.07, 6.45) is 8.75. The van der Waals surface area contributed by atoms with Crippen LogP contribution in [0.25, 0.3) is 11.3 Å². The van der Waals surface area contributed by atoms with Gasteiger partial charge in [0.1, 0.15) is 11.6 Å². The Hall–Kier alpha value is -2.96. The Morgan fingerprint density at radius 2 is 2.18 bits per heavy atom. The highest BCUT2D eigenvalue weighted by atomic mass is 19.1. The summed E-state index contributed by atoms with van der Waals surface area (Å²) in [5, 5.41) is 7.88. The second-order valence-corrected chi connectivity index (χ2v) is 7.72. The summed E-state index contributed by atoms with van der Waals surface area (Å²) >= 11 is 0. The largest absolute Gasteiger partial charge is 0.382 e. The summed E-state index contributed by atoms with van der Waals surface area (Å²) in [7, 11) is 0. The molecule has 5 rings (SSSR count). The van der Waals surface area contributed by atoms with E-state index in [2.05, 4.69) is 33.8 Å². The molecule has 1 N–H and O–H groups in total. The standard InChI is InChI=1S/C21H23FN6/c1-13-5-6-18-16(10-15(22)11-23-18)19-4-3-8-27(19)20-7-9-28-21(26-20)17(12-24-28)14(2)25-13/h7,9-13,19,25H,2-6,8H2,1H3/t13-,19?/m1/s1. The van der Waals surface area contributed by atoms with Crippen LogP contribution in [0.15, 0.2) is 37.3 Å². The molecule has 6 nitrogen and oxygen atoms in total. The second kappa shape index (κ2) is 6.58. The third-order valence-corrected chi connectivity index (χ3v) is 5.79. The van der Waals surface area contributed by atoms with Gasteiger partial charge in [-0.15, -0.1) is 0 Å². The smallest absolute Gasteiger partial charge is 0.166 e. The summed E-state index contributed by atoms with van der Waals surface area (Å²) in [5.74, 6) is 0.600. The molecule has 0 amide bonds. The molecule has 3 aromatic heterocycles. The molecule has 0 spiro atoms. The van der Waals surface area contributed by atoms with E-state index in [9.17, 15) is 4.39 Å². The molecule has 1 saturated heterocycles. The van der Waals surface area contributed by atoms with Crippen molar-refractivity contribution >= 4 is 17.2 Å². The van der Waals surface area contributed by atoms with E-state index in [1.807, 2.05) is 12.3 Å². The average Bonchev–Trinajstić information content (AvgIpc) is 3.32. The van der Waals surface area contributed by atoms with Gasteiger partial charge < -0.3 is 10.2 Å². The predicted molar refractivity (Wildman–Crippen MR) is 106 cm³/mol. The predicted octanol–water partition coefficient (Wildman–Crippen LogP) is 3.50. The van der Waals surface area contributed by atoms with Gasteiger partial charge >= 0.3 is 0 Å². The van der Waals surface area contributed by atoms with Crippen molar-refractivity contribution in [3.8, 4) is 0 Å². The van der Waals surface area contributed by atoms with E-state index in [1.165, 1.54) is 6.20 Å². The highest BCUT2D eigenvalue weighted by Gasteiger charge is 2.30. The molecule has 0 aliphatic carbocycles. The molecule has 1 fully saturated rings. The van der Waals surface area contributed by atoms with Crippen LogP contribution in [0.4, 0.5) is 10.2 Å². The van der Waals surface area contributed by atoms with E-state index in [1.54, 1.807) is 16.8 Å². The molecular formula is C21H23FN6. The lowest BCUT2D eigenvalue weighted by atomic mass is 9.98. The van der Waals surface area contributed by atoms with Gasteiger partial charge in [-0.3, -0.25) is 4.98 Å². The van der Waals surface area contributed by atoms with Crippen molar-refractivity contribution in [1.29, 1.82) is 0 Å². The molecule has 3 aromatic rings. The number of nitrogens with zero attached hydrogens (tertiary/aromatic N) is 5. The molecule has 2 aliphatic heterocycles. The van der Waals surface area contributed by atoms with Crippen LogP contribution in [0.3, 0.4) is 0 Å². The van der Waals surface area contributed by atoms with Crippen LogP contribution >= 0.6 is 0 Å². The van der Waals surface area contributed by atoms with Crippen LogP contribution in [0.1, 0.15) is 49.0 Å². The molecule has 144 valence electrons. The Kier molecular flexibility index (Phi) is 4.03. The highest BCUT2D eigenvalue weighted by Crippen LogP contribution is 2.37. The molecule has 7 heteroatoms. The van der Waals surface area contributed by atoms with Crippen molar-refractivity contribution in [3.63, 3.8) is 0 Å². The lowest BCUT2D eigenvalue weighted by molar-refractivity contribution is 0.575. The van der Waals surface area contributed by atoms with Gasteiger partial charge in [-0.05, 0) is 50.3 Å². The van der Waals surface area contributed by atoms with Gasteiger partial charge in [0.05, 0.1) is 24.0 Å². The number of rotatable bonds is 0. The molecule has 28 heavy (non-hydrogen) atoms. The minimum Gasteiger partial charge on any atom is -0.382 e. The Morgan fingerprint density at radius 1 is 1.29 bits per heavy atom. The van der Waals surface area contributed by atoms with Gasteiger partial charge in [-0.25, -0.2) is 13.9 Å². The Morgan fingerprint density at radius 3 is 3.07 bits per heavy atom. The second-order valence-electron chi connectivity index (χ2n) is 7.72. The van der Waals surface area contributed by atoms with Crippen LogP contribution in [0.2, 0.25) is 0 Å². The molecule has 2 aliphatic rings. The molecule has 1 unspecified atom stereocenters. The minimum atomic E-state index is -0.282. The average molecular weight is 378 g/mol.